The number of fused-ring (bicyclic) bond motifs is 1. The quantitative estimate of drug-likeness (QED) is 0.672. The average molecular weight is 294 g/mol. The van der Waals surface area contributed by atoms with Crippen LogP contribution in [0.4, 0.5) is 0 Å². The van der Waals surface area contributed by atoms with E-state index < -0.39 is 0 Å². The number of aryl methyl sites for hydroxylation is 1. The molecule has 22 heavy (non-hydrogen) atoms. The fraction of sp³-hybridized carbons (Fsp3) is 0.316. The molecule has 0 spiro atoms. The number of methoxy groups -OCH3 is 1. The number of unbranched alkanes of at least 4 members (excludes halogenated alkanes) is 1. The molecule has 0 unspecified atom stereocenters. The Hall–Kier alpha value is -2.29. The Morgan fingerprint density at radius 3 is 2.55 bits per heavy atom. The number of nitrogens with zero attached hydrogens (tertiary/aromatic N) is 2. The summed E-state index contributed by atoms with van der Waals surface area (Å²) in [5, 5.41) is 0. The van der Waals surface area contributed by atoms with Crippen LogP contribution in [0.5, 0.6) is 5.75 Å². The summed E-state index contributed by atoms with van der Waals surface area (Å²) in [6, 6.07) is 16.6. The van der Waals surface area contributed by atoms with E-state index in [2.05, 4.69) is 47.9 Å². The lowest BCUT2D eigenvalue weighted by atomic mass is 10.1. The molecule has 1 heterocycles. The molecular weight excluding hydrogens is 272 g/mol. The number of benzene rings is 2. The van der Waals surface area contributed by atoms with Crippen molar-refractivity contribution in [3.05, 3.63) is 59.9 Å². The molecule has 0 saturated carbocycles. The van der Waals surface area contributed by atoms with Crippen molar-refractivity contribution < 1.29 is 4.74 Å². The second-order valence-corrected chi connectivity index (χ2v) is 5.55. The molecule has 0 saturated heterocycles. The van der Waals surface area contributed by atoms with Crippen LogP contribution in [0, 0.1) is 0 Å². The smallest absolute Gasteiger partial charge is 0.118 e. The summed E-state index contributed by atoms with van der Waals surface area (Å²) in [4.78, 5) is 4.84. The van der Waals surface area contributed by atoms with Gasteiger partial charge >= 0.3 is 0 Å². The van der Waals surface area contributed by atoms with Crippen LogP contribution in [0.3, 0.4) is 0 Å². The van der Waals surface area contributed by atoms with E-state index >= 15 is 0 Å². The topological polar surface area (TPSA) is 27.1 Å². The van der Waals surface area contributed by atoms with Crippen molar-refractivity contribution in [2.75, 3.05) is 7.11 Å². The highest BCUT2D eigenvalue weighted by Gasteiger charge is 2.10. The Balaban J connectivity index is 1.93. The van der Waals surface area contributed by atoms with Crippen molar-refractivity contribution >= 4 is 11.0 Å². The first-order valence-corrected chi connectivity index (χ1v) is 7.89. The van der Waals surface area contributed by atoms with Gasteiger partial charge in [0.05, 0.1) is 18.1 Å². The van der Waals surface area contributed by atoms with Crippen LogP contribution in [0.25, 0.3) is 11.0 Å². The van der Waals surface area contributed by atoms with Gasteiger partial charge in [0.25, 0.3) is 0 Å². The molecule has 0 radical (unpaired) electrons. The molecule has 0 N–H and O–H groups in total. The van der Waals surface area contributed by atoms with Gasteiger partial charge in [0, 0.05) is 13.0 Å². The highest BCUT2D eigenvalue weighted by Crippen LogP contribution is 2.20. The van der Waals surface area contributed by atoms with Gasteiger partial charge in [-0.05, 0) is 36.2 Å². The summed E-state index contributed by atoms with van der Waals surface area (Å²) in [5.41, 5.74) is 3.58. The summed E-state index contributed by atoms with van der Waals surface area (Å²) in [6.07, 6.45) is 3.22. The monoisotopic (exact) mass is 294 g/mol. The van der Waals surface area contributed by atoms with Crippen LogP contribution in [-0.2, 0) is 13.0 Å². The zero-order chi connectivity index (χ0) is 15.4. The van der Waals surface area contributed by atoms with Gasteiger partial charge < -0.3 is 9.30 Å². The minimum Gasteiger partial charge on any atom is -0.497 e. The van der Waals surface area contributed by atoms with Crippen LogP contribution in [0.15, 0.2) is 48.5 Å². The molecule has 0 aliphatic heterocycles. The van der Waals surface area contributed by atoms with Gasteiger partial charge in [0.1, 0.15) is 11.6 Å². The fourth-order valence-electron chi connectivity index (χ4n) is 2.75. The maximum atomic E-state index is 5.22. The van der Waals surface area contributed by atoms with Crippen LogP contribution < -0.4 is 4.74 Å². The van der Waals surface area contributed by atoms with E-state index in [4.69, 9.17) is 9.72 Å². The molecule has 3 nitrogen and oxygen atoms in total. The maximum Gasteiger partial charge on any atom is 0.118 e. The largest absolute Gasteiger partial charge is 0.497 e. The lowest BCUT2D eigenvalue weighted by Crippen LogP contribution is -2.04. The van der Waals surface area contributed by atoms with Gasteiger partial charge in [-0.2, -0.15) is 0 Å². The lowest BCUT2D eigenvalue weighted by molar-refractivity contribution is 0.414. The van der Waals surface area contributed by atoms with Crippen molar-refractivity contribution in [2.24, 2.45) is 0 Å². The molecule has 3 rings (SSSR count). The standard InChI is InChI=1S/C19H22N2O/c1-3-4-13-21-18-8-6-5-7-17(18)20-19(21)14-15-9-11-16(22-2)12-10-15/h5-12H,3-4,13-14H2,1-2H3. The number of ether oxygens (including phenoxy) is 1. The van der Waals surface area contributed by atoms with E-state index in [-0.39, 0.29) is 0 Å². The third-order valence-electron chi connectivity index (χ3n) is 3.99. The lowest BCUT2D eigenvalue weighted by Gasteiger charge is -2.09. The highest BCUT2D eigenvalue weighted by atomic mass is 16.5. The van der Waals surface area contributed by atoms with Gasteiger partial charge in [-0.25, -0.2) is 4.98 Å². The normalized spacial score (nSPS) is 11.0. The van der Waals surface area contributed by atoms with Gasteiger partial charge in [0.2, 0.25) is 0 Å². The van der Waals surface area contributed by atoms with E-state index in [1.54, 1.807) is 7.11 Å². The molecular formula is C19H22N2O. The van der Waals surface area contributed by atoms with Gasteiger partial charge in [-0.1, -0.05) is 37.6 Å². The molecule has 0 aliphatic rings. The number of hydrogen-bond acceptors (Lipinski definition) is 2. The Labute approximate surface area is 131 Å². The number of hydrogen-bond donors (Lipinski definition) is 0. The van der Waals surface area contributed by atoms with E-state index in [0.29, 0.717) is 0 Å². The molecule has 0 atom stereocenters. The van der Waals surface area contributed by atoms with Crippen molar-refractivity contribution in [2.45, 2.75) is 32.7 Å². The first-order chi connectivity index (χ1) is 10.8. The molecule has 3 aromatic rings. The SMILES string of the molecule is CCCCn1c(Cc2ccc(OC)cc2)nc2ccccc21. The minimum atomic E-state index is 0.850. The Bertz CT molecular complexity index is 744. The number of para-hydroxylation sites is 2. The van der Waals surface area contributed by atoms with Crippen LogP contribution in [0.2, 0.25) is 0 Å². The highest BCUT2D eigenvalue weighted by molar-refractivity contribution is 5.76. The number of imidazole rings is 1. The predicted octanol–water partition coefficient (Wildman–Crippen LogP) is 4.44. The second kappa shape index (κ2) is 6.65. The van der Waals surface area contributed by atoms with Crippen LogP contribution >= 0.6 is 0 Å². The van der Waals surface area contributed by atoms with Gasteiger partial charge in [-0.3, -0.25) is 0 Å². The number of rotatable bonds is 6. The van der Waals surface area contributed by atoms with E-state index in [1.165, 1.54) is 23.9 Å². The van der Waals surface area contributed by atoms with E-state index in [9.17, 15) is 0 Å². The average Bonchev–Trinajstić information content (AvgIpc) is 2.91. The van der Waals surface area contributed by atoms with Crippen molar-refractivity contribution in [1.29, 1.82) is 0 Å². The maximum absolute atomic E-state index is 5.22. The van der Waals surface area contributed by atoms with Crippen LogP contribution in [-0.4, -0.2) is 16.7 Å². The van der Waals surface area contributed by atoms with Crippen molar-refractivity contribution in [3.63, 3.8) is 0 Å². The summed E-state index contributed by atoms with van der Waals surface area (Å²) >= 11 is 0. The zero-order valence-electron chi connectivity index (χ0n) is 13.2. The summed E-state index contributed by atoms with van der Waals surface area (Å²) in [6.45, 7) is 3.25. The molecule has 0 bridgehead atoms. The molecule has 0 fully saturated rings. The van der Waals surface area contributed by atoms with Crippen molar-refractivity contribution in [1.82, 2.24) is 9.55 Å². The second-order valence-electron chi connectivity index (χ2n) is 5.55. The van der Waals surface area contributed by atoms with E-state index in [0.717, 1.165) is 30.1 Å². The fourth-order valence-corrected chi connectivity index (χ4v) is 2.75. The molecule has 114 valence electrons. The number of aromatic nitrogens is 2. The molecule has 2 aromatic carbocycles. The summed E-state index contributed by atoms with van der Waals surface area (Å²) in [5.74, 6) is 2.03. The van der Waals surface area contributed by atoms with Crippen molar-refractivity contribution in [3.8, 4) is 5.75 Å². The van der Waals surface area contributed by atoms with E-state index in [1.807, 2.05) is 12.1 Å². The summed E-state index contributed by atoms with van der Waals surface area (Å²) in [7, 11) is 1.69. The molecule has 0 aliphatic carbocycles. The summed E-state index contributed by atoms with van der Waals surface area (Å²) < 4.78 is 7.59. The molecule has 3 heteroatoms. The molecule has 1 aromatic heterocycles. The van der Waals surface area contributed by atoms with Gasteiger partial charge in [0.15, 0.2) is 0 Å². The Morgan fingerprint density at radius 2 is 1.82 bits per heavy atom. The minimum absolute atomic E-state index is 0.850. The van der Waals surface area contributed by atoms with Gasteiger partial charge in [-0.15, -0.1) is 0 Å². The first-order valence-electron chi connectivity index (χ1n) is 7.89. The third-order valence-corrected chi connectivity index (χ3v) is 3.99. The first kappa shape index (κ1) is 14.6. The molecule has 0 amide bonds. The predicted molar refractivity (Wildman–Crippen MR) is 90.4 cm³/mol. The Morgan fingerprint density at radius 1 is 1.05 bits per heavy atom. The third kappa shape index (κ3) is 2.98. The van der Waals surface area contributed by atoms with Crippen LogP contribution in [0.1, 0.15) is 31.2 Å². The zero-order valence-corrected chi connectivity index (χ0v) is 13.2. The Kier molecular flexibility index (Phi) is 4.42.